The van der Waals surface area contributed by atoms with E-state index >= 15 is 0 Å². The molecule has 1 heterocycles. The van der Waals surface area contributed by atoms with Crippen LogP contribution >= 0.6 is 15.9 Å². The average Bonchev–Trinajstić information content (AvgIpc) is 2.45. The highest BCUT2D eigenvalue weighted by Gasteiger charge is 2.36. The highest BCUT2D eigenvalue weighted by atomic mass is 79.9. The van der Waals surface area contributed by atoms with Crippen molar-refractivity contribution in [2.75, 3.05) is 18.6 Å². The Morgan fingerprint density at radius 2 is 2.38 bits per heavy atom. The Morgan fingerprint density at radius 1 is 1.75 bits per heavy atom. The molecule has 0 bridgehead atoms. The first kappa shape index (κ1) is 13.6. The van der Waals surface area contributed by atoms with Gasteiger partial charge in [-0.2, -0.15) is 0 Å². The number of halogens is 1. The summed E-state index contributed by atoms with van der Waals surface area (Å²) in [7, 11) is -1.04. The molecule has 1 saturated heterocycles. The lowest BCUT2D eigenvalue weighted by molar-refractivity contribution is -0.148. The minimum absolute atomic E-state index is 0.0222. The molecule has 1 N–H and O–H groups in total. The maximum atomic E-state index is 11.5. The quantitative estimate of drug-likeness (QED) is 0.736. The van der Waals surface area contributed by atoms with E-state index in [1.54, 1.807) is 0 Å². The monoisotopic (exact) mass is 311 g/mol. The molecule has 92 valence electrons. The Hall–Kier alpha value is -0.430. The van der Waals surface area contributed by atoms with Crippen LogP contribution in [-0.4, -0.2) is 55.5 Å². The number of amides is 1. The number of alkyl halides is 1. The summed E-state index contributed by atoms with van der Waals surface area (Å²) in [4.78, 5) is 24.0. The second-order valence-corrected chi connectivity index (χ2v) is 6.62. The van der Waals surface area contributed by atoms with Gasteiger partial charge in [0.2, 0.25) is 5.91 Å². The highest BCUT2D eigenvalue weighted by Crippen LogP contribution is 2.21. The summed E-state index contributed by atoms with van der Waals surface area (Å²) in [6, 6.07) is -0.848. The smallest absolute Gasteiger partial charge is 0.326 e. The van der Waals surface area contributed by atoms with Crippen molar-refractivity contribution in [3.8, 4) is 0 Å². The van der Waals surface area contributed by atoms with Crippen LogP contribution in [-0.2, 0) is 20.4 Å². The molecule has 0 saturated carbocycles. The van der Waals surface area contributed by atoms with Gasteiger partial charge in [0.15, 0.2) is 0 Å². The molecule has 2 unspecified atom stereocenters. The van der Waals surface area contributed by atoms with Gasteiger partial charge in [0.05, 0.1) is 0 Å². The van der Waals surface area contributed by atoms with Gasteiger partial charge in [-0.05, 0) is 6.42 Å². The first-order valence-electron chi connectivity index (χ1n) is 4.88. The van der Waals surface area contributed by atoms with E-state index < -0.39 is 22.8 Å². The van der Waals surface area contributed by atoms with Crippen molar-refractivity contribution in [2.24, 2.45) is 0 Å². The summed E-state index contributed by atoms with van der Waals surface area (Å²) in [5.41, 5.74) is 0. The van der Waals surface area contributed by atoms with Gasteiger partial charge in [-0.1, -0.05) is 15.9 Å². The normalized spacial score (nSPS) is 24.5. The third-order valence-electron chi connectivity index (χ3n) is 2.45. The number of likely N-dealkylation sites (tertiary alicyclic amines) is 1. The average molecular weight is 312 g/mol. The van der Waals surface area contributed by atoms with Crippen molar-refractivity contribution in [1.82, 2.24) is 4.90 Å². The lowest BCUT2D eigenvalue weighted by Crippen LogP contribution is -2.43. The number of hydrogen-bond donors (Lipinski definition) is 1. The summed E-state index contributed by atoms with van der Waals surface area (Å²) < 4.78 is 10.9. The van der Waals surface area contributed by atoms with Gasteiger partial charge in [-0.15, -0.1) is 0 Å². The second kappa shape index (κ2) is 5.77. The molecule has 0 aliphatic carbocycles. The molecular weight excluding hydrogens is 298 g/mol. The summed E-state index contributed by atoms with van der Waals surface area (Å²) in [5, 5.41) is 9.04. The molecule has 3 atom stereocenters. The van der Waals surface area contributed by atoms with E-state index in [4.69, 9.17) is 5.11 Å². The first-order chi connectivity index (χ1) is 7.41. The number of carboxylic acid groups (broad SMARTS) is 1. The minimum Gasteiger partial charge on any atom is -0.480 e. The number of aliphatic carboxylic acids is 1. The van der Waals surface area contributed by atoms with Crippen molar-refractivity contribution >= 4 is 38.6 Å². The van der Waals surface area contributed by atoms with Crippen molar-refractivity contribution in [1.29, 1.82) is 0 Å². The second-order valence-electron chi connectivity index (χ2n) is 3.77. The maximum absolute atomic E-state index is 11.5. The molecule has 1 amide bonds. The lowest BCUT2D eigenvalue weighted by atomic mass is 10.2. The fourth-order valence-corrected chi connectivity index (χ4v) is 2.82. The van der Waals surface area contributed by atoms with E-state index in [2.05, 4.69) is 15.9 Å². The zero-order chi connectivity index (χ0) is 12.3. The predicted molar refractivity (Wildman–Crippen MR) is 64.0 cm³/mol. The van der Waals surface area contributed by atoms with E-state index in [1.807, 2.05) is 0 Å². The van der Waals surface area contributed by atoms with Crippen LogP contribution in [0.4, 0.5) is 0 Å². The molecule has 0 spiro atoms. The van der Waals surface area contributed by atoms with Crippen LogP contribution in [0.25, 0.3) is 0 Å². The van der Waals surface area contributed by atoms with E-state index in [0.29, 0.717) is 18.7 Å². The number of nitrogens with zero attached hydrogens (tertiary/aromatic N) is 1. The van der Waals surface area contributed by atoms with Gasteiger partial charge in [-0.25, -0.2) is 4.79 Å². The molecule has 0 aromatic carbocycles. The van der Waals surface area contributed by atoms with Crippen LogP contribution in [0.15, 0.2) is 0 Å². The molecule has 1 fully saturated rings. The summed E-state index contributed by atoms with van der Waals surface area (Å²) in [6.07, 6.45) is 2.10. The van der Waals surface area contributed by atoms with Gasteiger partial charge in [0.1, 0.15) is 6.04 Å². The molecule has 0 aromatic rings. The number of carbonyl (C=O) groups is 2. The number of hydrogen-bond acceptors (Lipinski definition) is 3. The standard InChI is InChI=1S/C9H14BrNO4S/c1-16(15)3-2-7(9(13)14)11-5-6(10)4-8(11)12/h6-7H,2-5H2,1H3,(H,13,14)/t6?,7-,16?/m0/s1. The minimum atomic E-state index is -1.04. The third-order valence-corrected chi connectivity index (χ3v) is 3.88. The van der Waals surface area contributed by atoms with Crippen molar-refractivity contribution < 1.29 is 18.9 Å². The SMILES string of the molecule is CS(=O)CC[C@@H](C(=O)O)N1CC(Br)CC1=O. The Bertz CT molecular complexity index is 323. The summed E-state index contributed by atoms with van der Waals surface area (Å²) in [5.74, 6) is -0.884. The number of carboxylic acids is 1. The predicted octanol–water partition coefficient (Wildman–Crippen LogP) is 0.204. The van der Waals surface area contributed by atoms with Crippen LogP contribution in [0.2, 0.25) is 0 Å². The van der Waals surface area contributed by atoms with Crippen LogP contribution in [0.5, 0.6) is 0 Å². The Kier molecular flexibility index (Phi) is 4.91. The zero-order valence-corrected chi connectivity index (χ0v) is 11.3. The van der Waals surface area contributed by atoms with Gasteiger partial charge in [0, 0.05) is 40.6 Å². The Morgan fingerprint density at radius 3 is 2.75 bits per heavy atom. The van der Waals surface area contributed by atoms with Gasteiger partial charge in [-0.3, -0.25) is 9.00 Å². The van der Waals surface area contributed by atoms with Crippen molar-refractivity contribution in [2.45, 2.75) is 23.7 Å². The Labute approximate surface area is 105 Å². The van der Waals surface area contributed by atoms with Gasteiger partial charge >= 0.3 is 5.97 Å². The molecule has 16 heavy (non-hydrogen) atoms. The number of rotatable bonds is 5. The van der Waals surface area contributed by atoms with Crippen molar-refractivity contribution in [3.63, 3.8) is 0 Å². The third kappa shape index (κ3) is 3.55. The van der Waals surface area contributed by atoms with Crippen molar-refractivity contribution in [3.05, 3.63) is 0 Å². The van der Waals surface area contributed by atoms with E-state index in [-0.39, 0.29) is 17.2 Å². The molecule has 1 aliphatic heterocycles. The molecule has 1 rings (SSSR count). The van der Waals surface area contributed by atoms with E-state index in [0.717, 1.165) is 0 Å². The molecule has 0 aromatic heterocycles. The number of carbonyl (C=O) groups excluding carboxylic acids is 1. The summed E-state index contributed by atoms with van der Waals surface area (Å²) in [6.45, 7) is 0.409. The molecular formula is C9H14BrNO4S. The highest BCUT2D eigenvalue weighted by molar-refractivity contribution is 9.09. The van der Waals surface area contributed by atoms with Crippen LogP contribution in [0.1, 0.15) is 12.8 Å². The lowest BCUT2D eigenvalue weighted by Gasteiger charge is -2.23. The largest absolute Gasteiger partial charge is 0.480 e. The topological polar surface area (TPSA) is 74.7 Å². The van der Waals surface area contributed by atoms with Crippen LogP contribution < -0.4 is 0 Å². The molecule has 0 radical (unpaired) electrons. The van der Waals surface area contributed by atoms with Gasteiger partial charge in [0.25, 0.3) is 0 Å². The van der Waals surface area contributed by atoms with Gasteiger partial charge < -0.3 is 10.0 Å². The Balaban J connectivity index is 2.66. The summed E-state index contributed by atoms with van der Waals surface area (Å²) >= 11 is 3.30. The van der Waals surface area contributed by atoms with E-state index in [9.17, 15) is 13.8 Å². The molecule has 7 heteroatoms. The molecule has 1 aliphatic rings. The zero-order valence-electron chi connectivity index (χ0n) is 8.89. The first-order valence-corrected chi connectivity index (χ1v) is 7.52. The van der Waals surface area contributed by atoms with E-state index in [1.165, 1.54) is 11.2 Å². The van der Waals surface area contributed by atoms with Crippen LogP contribution in [0.3, 0.4) is 0 Å². The fourth-order valence-electron chi connectivity index (χ4n) is 1.68. The maximum Gasteiger partial charge on any atom is 0.326 e. The molecule has 5 nitrogen and oxygen atoms in total. The fraction of sp³-hybridized carbons (Fsp3) is 0.778. The van der Waals surface area contributed by atoms with Crippen LogP contribution in [0, 0.1) is 0 Å².